The summed E-state index contributed by atoms with van der Waals surface area (Å²) in [6.07, 6.45) is 1.31. The molecule has 32 heavy (non-hydrogen) atoms. The molecule has 0 aliphatic heterocycles. The lowest BCUT2D eigenvalue weighted by atomic mass is 10.0. The Morgan fingerprint density at radius 1 is 1.16 bits per heavy atom. The number of fused-ring (bicyclic) bond motifs is 1. The number of benzene rings is 2. The lowest BCUT2D eigenvalue weighted by Crippen LogP contribution is -2.40. The Morgan fingerprint density at radius 3 is 2.53 bits per heavy atom. The van der Waals surface area contributed by atoms with E-state index >= 15 is 4.39 Å². The second-order valence-corrected chi connectivity index (χ2v) is 14.2. The molecule has 1 aromatic heterocycles. The predicted molar refractivity (Wildman–Crippen MR) is 128 cm³/mol. The number of H-pyrrole nitrogens is 1. The third-order valence-electron chi connectivity index (χ3n) is 6.11. The number of rotatable bonds is 6. The Morgan fingerprint density at radius 2 is 1.88 bits per heavy atom. The maximum absolute atomic E-state index is 15.0. The van der Waals surface area contributed by atoms with Crippen LogP contribution >= 0.6 is 0 Å². The second-order valence-electron chi connectivity index (χ2n) is 9.38. The predicted octanol–water partition coefficient (Wildman–Crippen LogP) is 6.03. The zero-order chi connectivity index (χ0) is 23.7. The molecule has 1 N–H and O–H groups in total. The first-order valence-electron chi connectivity index (χ1n) is 10.7. The van der Waals surface area contributed by atoms with Gasteiger partial charge in [-0.2, -0.15) is 0 Å². The van der Waals surface area contributed by atoms with Gasteiger partial charge in [0.2, 0.25) is 5.43 Å². The van der Waals surface area contributed by atoms with E-state index in [9.17, 15) is 9.59 Å². The fourth-order valence-corrected chi connectivity index (χ4v) is 4.09. The van der Waals surface area contributed by atoms with Crippen molar-refractivity contribution in [3.63, 3.8) is 0 Å². The largest absolute Gasteiger partial charge is 0.462 e. The van der Waals surface area contributed by atoms with Crippen molar-refractivity contribution in [3.05, 3.63) is 69.8 Å². The molecular weight excluding hydrogens is 425 g/mol. The van der Waals surface area contributed by atoms with Gasteiger partial charge < -0.3 is 14.1 Å². The van der Waals surface area contributed by atoms with Crippen LogP contribution in [0, 0.1) is 5.82 Å². The van der Waals surface area contributed by atoms with Gasteiger partial charge in [0.05, 0.1) is 18.7 Å². The average Bonchev–Trinajstić information content (AvgIpc) is 2.72. The fraction of sp³-hybridized carbons (Fsp3) is 0.360. The maximum Gasteiger partial charge on any atom is 0.343 e. The Labute approximate surface area is 188 Å². The van der Waals surface area contributed by atoms with Crippen LogP contribution in [0.3, 0.4) is 0 Å². The molecule has 170 valence electrons. The first kappa shape index (κ1) is 23.9. The van der Waals surface area contributed by atoms with Crippen LogP contribution in [-0.2, 0) is 15.8 Å². The highest BCUT2D eigenvalue weighted by atomic mass is 28.4. The zero-order valence-electron chi connectivity index (χ0n) is 19.5. The molecule has 1 heterocycles. The summed E-state index contributed by atoms with van der Waals surface area (Å²) in [7, 11) is -1.91. The molecule has 5 nitrogen and oxygen atoms in total. The van der Waals surface area contributed by atoms with E-state index < -0.39 is 25.5 Å². The number of hydrogen-bond donors (Lipinski definition) is 1. The van der Waals surface area contributed by atoms with Gasteiger partial charge in [-0.05, 0) is 54.4 Å². The van der Waals surface area contributed by atoms with Crippen LogP contribution < -0.4 is 5.43 Å². The third kappa shape index (κ3) is 4.84. The number of pyridine rings is 1. The number of carbonyl (C=O) groups is 1. The summed E-state index contributed by atoms with van der Waals surface area (Å²) in [5, 5.41) is 0.206. The number of esters is 1. The molecule has 0 fully saturated rings. The van der Waals surface area contributed by atoms with E-state index in [1.807, 2.05) is 24.3 Å². The first-order valence-corrected chi connectivity index (χ1v) is 13.6. The number of carbonyl (C=O) groups excluding carboxylic acids is 1. The van der Waals surface area contributed by atoms with Gasteiger partial charge in [-0.1, -0.05) is 39.0 Å². The lowest BCUT2D eigenvalue weighted by Gasteiger charge is -2.36. The van der Waals surface area contributed by atoms with Crippen LogP contribution in [-0.4, -0.2) is 25.9 Å². The Bertz CT molecular complexity index is 1210. The van der Waals surface area contributed by atoms with Crippen molar-refractivity contribution in [2.45, 2.75) is 52.4 Å². The average molecular weight is 456 g/mol. The van der Waals surface area contributed by atoms with Gasteiger partial charge in [0.25, 0.3) is 0 Å². The van der Waals surface area contributed by atoms with E-state index in [-0.39, 0.29) is 22.6 Å². The molecule has 0 amide bonds. The molecular formula is C25H30FNO4Si. The highest BCUT2D eigenvalue weighted by Crippen LogP contribution is 2.37. The summed E-state index contributed by atoms with van der Waals surface area (Å²) < 4.78 is 26.2. The number of hydrogen-bond acceptors (Lipinski definition) is 4. The molecule has 0 unspecified atom stereocenters. The van der Waals surface area contributed by atoms with Crippen LogP contribution in [0.1, 0.15) is 43.6 Å². The summed E-state index contributed by atoms with van der Waals surface area (Å²) in [6.45, 7) is 13.2. The Kier molecular flexibility index (Phi) is 6.71. The van der Waals surface area contributed by atoms with Crippen molar-refractivity contribution in [1.29, 1.82) is 0 Å². The summed E-state index contributed by atoms with van der Waals surface area (Å²) >= 11 is 0. The summed E-state index contributed by atoms with van der Waals surface area (Å²) in [4.78, 5) is 27.6. The number of nitrogens with one attached hydrogen (secondary N) is 1. The summed E-state index contributed by atoms with van der Waals surface area (Å²) in [5.74, 6) is -1.26. The van der Waals surface area contributed by atoms with Gasteiger partial charge >= 0.3 is 5.97 Å². The highest BCUT2D eigenvalue weighted by molar-refractivity contribution is 6.74. The summed E-state index contributed by atoms with van der Waals surface area (Å²) in [5.41, 5.74) is 1.76. The number of halogens is 1. The van der Waals surface area contributed by atoms with E-state index in [0.717, 1.165) is 5.56 Å². The first-order chi connectivity index (χ1) is 14.9. The molecule has 0 bridgehead atoms. The smallest absolute Gasteiger partial charge is 0.343 e. The van der Waals surface area contributed by atoms with Crippen molar-refractivity contribution >= 4 is 25.2 Å². The quantitative estimate of drug-likeness (QED) is 0.364. The lowest BCUT2D eigenvalue weighted by molar-refractivity contribution is 0.0524. The van der Waals surface area contributed by atoms with E-state index in [1.165, 1.54) is 12.3 Å². The molecule has 0 spiro atoms. The van der Waals surface area contributed by atoms with E-state index in [0.29, 0.717) is 23.3 Å². The monoisotopic (exact) mass is 455 g/mol. The topological polar surface area (TPSA) is 68.4 Å². The maximum atomic E-state index is 15.0. The van der Waals surface area contributed by atoms with Gasteiger partial charge in [0, 0.05) is 17.1 Å². The van der Waals surface area contributed by atoms with Crippen molar-refractivity contribution in [1.82, 2.24) is 4.98 Å². The summed E-state index contributed by atoms with van der Waals surface area (Å²) in [6, 6.07) is 10.3. The molecule has 0 saturated heterocycles. The van der Waals surface area contributed by atoms with E-state index in [1.54, 1.807) is 13.0 Å². The van der Waals surface area contributed by atoms with Crippen LogP contribution in [0.25, 0.3) is 22.0 Å². The molecule has 7 heteroatoms. The molecule has 0 aliphatic rings. The highest BCUT2D eigenvalue weighted by Gasteiger charge is 2.37. The standard InChI is InChI=1S/C25H30FNO4Si/c1-7-30-24(29)20-14-27-22-13-18(21(26)12-19(22)23(20)28)17-10-8-9-16(11-17)15-31-32(5,6)25(2,3)4/h8-14H,7,15H2,1-6H3,(H,27,28). The second kappa shape index (κ2) is 9.00. The molecule has 3 rings (SSSR count). The van der Waals surface area contributed by atoms with Crippen molar-refractivity contribution in [3.8, 4) is 11.1 Å². The van der Waals surface area contributed by atoms with Gasteiger partial charge in [-0.25, -0.2) is 9.18 Å². The molecule has 3 aromatic rings. The van der Waals surface area contributed by atoms with Crippen molar-refractivity contribution in [2.75, 3.05) is 6.61 Å². The zero-order valence-corrected chi connectivity index (χ0v) is 20.5. The Balaban J connectivity index is 1.96. The van der Waals surface area contributed by atoms with E-state index in [2.05, 4.69) is 38.8 Å². The van der Waals surface area contributed by atoms with Gasteiger partial charge in [0.15, 0.2) is 8.32 Å². The van der Waals surface area contributed by atoms with Gasteiger partial charge in [0.1, 0.15) is 11.4 Å². The minimum atomic E-state index is -1.91. The number of ether oxygens (including phenoxy) is 1. The fourth-order valence-electron chi connectivity index (χ4n) is 3.13. The normalized spacial score (nSPS) is 12.2. The molecule has 0 atom stereocenters. The Hall–Kier alpha value is -2.77. The number of aromatic amines is 1. The molecule has 2 aromatic carbocycles. The number of aromatic nitrogens is 1. The van der Waals surface area contributed by atoms with Crippen LogP contribution in [0.5, 0.6) is 0 Å². The van der Waals surface area contributed by atoms with Gasteiger partial charge in [-0.15, -0.1) is 0 Å². The van der Waals surface area contributed by atoms with E-state index in [4.69, 9.17) is 9.16 Å². The molecule has 0 saturated carbocycles. The van der Waals surface area contributed by atoms with Gasteiger partial charge in [-0.3, -0.25) is 4.79 Å². The molecule has 0 aliphatic carbocycles. The van der Waals surface area contributed by atoms with Crippen molar-refractivity contribution < 1.29 is 18.3 Å². The van der Waals surface area contributed by atoms with Crippen LogP contribution in [0.2, 0.25) is 18.1 Å². The van der Waals surface area contributed by atoms with Crippen LogP contribution in [0.4, 0.5) is 4.39 Å². The minimum Gasteiger partial charge on any atom is -0.462 e. The van der Waals surface area contributed by atoms with Crippen LogP contribution in [0.15, 0.2) is 47.4 Å². The molecule has 0 radical (unpaired) electrons. The SMILES string of the molecule is CCOC(=O)c1c[nH]c2cc(-c3cccc(CO[Si](C)(C)C(C)(C)C)c3)c(F)cc2c1=O. The third-order valence-corrected chi connectivity index (χ3v) is 10.6. The minimum absolute atomic E-state index is 0.101. The van der Waals surface area contributed by atoms with Crippen molar-refractivity contribution in [2.24, 2.45) is 0 Å².